The Kier molecular flexibility index (Phi) is 4.75. The minimum atomic E-state index is -1.57. The number of aromatic nitrogens is 3. The zero-order valence-electron chi connectivity index (χ0n) is 14.7. The molecule has 25 heavy (non-hydrogen) atoms. The Bertz CT molecular complexity index is 773. The number of nitrogens with zero attached hydrogens (tertiary/aromatic N) is 3. The molecule has 1 aliphatic rings. The highest BCUT2D eigenvalue weighted by atomic mass is 32.2. The second-order valence-corrected chi connectivity index (χ2v) is 6.96. The monoisotopic (exact) mass is 362 g/mol. The molecule has 3 unspecified atom stereocenters. The lowest BCUT2D eigenvalue weighted by molar-refractivity contribution is -0.171. The van der Waals surface area contributed by atoms with Crippen molar-refractivity contribution in [3.8, 4) is 0 Å². The number of hydrogen-bond donors (Lipinski definition) is 2. The molecule has 0 fully saturated rings. The fourth-order valence-corrected chi connectivity index (χ4v) is 3.44. The number of anilines is 1. The lowest BCUT2D eigenvalue weighted by atomic mass is 9.83. The van der Waals surface area contributed by atoms with Crippen LogP contribution in [0.4, 0.5) is 5.95 Å². The molecule has 0 amide bonds. The number of thioether (sulfide) groups is 1. The summed E-state index contributed by atoms with van der Waals surface area (Å²) < 4.78 is 6.60. The number of esters is 1. The van der Waals surface area contributed by atoms with Gasteiger partial charge in [0.2, 0.25) is 11.1 Å². The van der Waals surface area contributed by atoms with Gasteiger partial charge in [-0.2, -0.15) is 9.67 Å². The van der Waals surface area contributed by atoms with E-state index in [9.17, 15) is 9.90 Å². The molecular weight excluding hydrogens is 340 g/mol. The van der Waals surface area contributed by atoms with E-state index in [0.29, 0.717) is 11.1 Å². The molecule has 2 aromatic rings. The van der Waals surface area contributed by atoms with E-state index in [0.717, 1.165) is 11.1 Å². The first-order chi connectivity index (χ1) is 11.9. The molecule has 8 heteroatoms. The van der Waals surface area contributed by atoms with Crippen LogP contribution in [0.3, 0.4) is 0 Å². The van der Waals surface area contributed by atoms with Gasteiger partial charge in [0.1, 0.15) is 5.92 Å². The largest absolute Gasteiger partial charge is 0.466 e. The van der Waals surface area contributed by atoms with Gasteiger partial charge in [0.05, 0.1) is 12.6 Å². The molecule has 2 N–H and O–H groups in total. The van der Waals surface area contributed by atoms with Crippen molar-refractivity contribution in [3.63, 3.8) is 0 Å². The maximum atomic E-state index is 12.7. The van der Waals surface area contributed by atoms with Gasteiger partial charge >= 0.3 is 5.97 Å². The standard InChI is InChI=1S/C17H22N4O3S/c1-5-24-14(22)12-13(11-8-6-10(2)7-9-11)18-15-19-16(25-4)20-21(15)17(12,3)23/h6-9,12-13,23H,5H2,1-4H3,(H,18,19,20). The summed E-state index contributed by atoms with van der Waals surface area (Å²) in [7, 11) is 0. The normalized spacial score (nSPS) is 25.2. The Balaban J connectivity index is 2.11. The second-order valence-electron chi connectivity index (χ2n) is 6.19. The lowest BCUT2D eigenvalue weighted by Crippen LogP contribution is -2.52. The van der Waals surface area contributed by atoms with E-state index in [1.54, 1.807) is 13.8 Å². The first kappa shape index (κ1) is 17.8. The average molecular weight is 362 g/mol. The maximum absolute atomic E-state index is 12.7. The van der Waals surface area contributed by atoms with Crippen LogP contribution in [0.2, 0.25) is 0 Å². The van der Waals surface area contributed by atoms with Crippen molar-refractivity contribution in [2.24, 2.45) is 5.92 Å². The van der Waals surface area contributed by atoms with Crippen LogP contribution in [0.5, 0.6) is 0 Å². The molecule has 2 heterocycles. The summed E-state index contributed by atoms with van der Waals surface area (Å²) in [5, 5.41) is 19.3. The Labute approximate surface area is 150 Å². The number of nitrogens with one attached hydrogen (secondary N) is 1. The van der Waals surface area contributed by atoms with Crippen molar-refractivity contribution in [1.82, 2.24) is 14.8 Å². The molecule has 1 aromatic carbocycles. The highest BCUT2D eigenvalue weighted by Crippen LogP contribution is 2.42. The Morgan fingerprint density at radius 2 is 2.12 bits per heavy atom. The molecular formula is C17H22N4O3S. The van der Waals surface area contributed by atoms with Gasteiger partial charge in [-0.05, 0) is 32.6 Å². The summed E-state index contributed by atoms with van der Waals surface area (Å²) in [5.74, 6) is -0.906. The highest BCUT2D eigenvalue weighted by Gasteiger charge is 2.51. The number of fused-ring (bicyclic) bond motifs is 1. The second kappa shape index (κ2) is 6.68. The molecule has 0 radical (unpaired) electrons. The number of benzene rings is 1. The molecule has 0 spiro atoms. The van der Waals surface area contributed by atoms with Crippen molar-refractivity contribution in [1.29, 1.82) is 0 Å². The number of aliphatic hydroxyl groups is 1. The molecule has 0 aliphatic carbocycles. The molecule has 134 valence electrons. The van der Waals surface area contributed by atoms with Crippen LogP contribution in [-0.4, -0.2) is 38.7 Å². The van der Waals surface area contributed by atoms with Crippen molar-refractivity contribution in [3.05, 3.63) is 35.4 Å². The number of ether oxygens (including phenoxy) is 1. The van der Waals surface area contributed by atoms with Crippen LogP contribution >= 0.6 is 11.8 Å². The molecule has 3 rings (SSSR count). The van der Waals surface area contributed by atoms with E-state index in [1.807, 2.05) is 37.4 Å². The Morgan fingerprint density at radius 3 is 2.72 bits per heavy atom. The van der Waals surface area contributed by atoms with E-state index >= 15 is 0 Å². The van der Waals surface area contributed by atoms with Crippen molar-refractivity contribution < 1.29 is 14.6 Å². The van der Waals surface area contributed by atoms with Crippen LogP contribution in [-0.2, 0) is 15.3 Å². The number of carbonyl (C=O) groups excluding carboxylic acids is 1. The maximum Gasteiger partial charge on any atom is 0.316 e. The van der Waals surface area contributed by atoms with Crippen LogP contribution in [0.25, 0.3) is 0 Å². The quantitative estimate of drug-likeness (QED) is 0.637. The Hall–Kier alpha value is -2.06. The van der Waals surface area contributed by atoms with Crippen molar-refractivity contribution >= 4 is 23.7 Å². The smallest absolute Gasteiger partial charge is 0.316 e. The first-order valence-corrected chi connectivity index (χ1v) is 9.34. The zero-order chi connectivity index (χ0) is 18.2. The van der Waals surface area contributed by atoms with Gasteiger partial charge in [-0.1, -0.05) is 41.6 Å². The molecule has 7 nitrogen and oxygen atoms in total. The summed E-state index contributed by atoms with van der Waals surface area (Å²) in [6, 6.07) is 7.36. The number of aryl methyl sites for hydroxylation is 1. The fourth-order valence-electron chi connectivity index (χ4n) is 3.10. The van der Waals surface area contributed by atoms with Crippen LogP contribution in [0.1, 0.15) is 31.0 Å². The average Bonchev–Trinajstić information content (AvgIpc) is 2.99. The summed E-state index contributed by atoms with van der Waals surface area (Å²) in [6.07, 6.45) is 1.86. The Morgan fingerprint density at radius 1 is 1.44 bits per heavy atom. The zero-order valence-corrected chi connectivity index (χ0v) is 15.5. The fraction of sp³-hybridized carbons (Fsp3) is 0.471. The predicted octanol–water partition coefficient (Wildman–Crippen LogP) is 2.32. The highest BCUT2D eigenvalue weighted by molar-refractivity contribution is 7.98. The third kappa shape index (κ3) is 3.11. The lowest BCUT2D eigenvalue weighted by Gasteiger charge is -2.41. The SMILES string of the molecule is CCOC(=O)C1C(c2ccc(C)cc2)Nc2nc(SC)nn2C1(C)O. The van der Waals surface area contributed by atoms with Crippen LogP contribution in [0, 0.1) is 12.8 Å². The molecule has 1 aromatic heterocycles. The molecule has 0 saturated carbocycles. The summed E-state index contributed by atoms with van der Waals surface area (Å²) in [5.41, 5.74) is 0.430. The third-order valence-corrected chi connectivity index (χ3v) is 4.92. The minimum Gasteiger partial charge on any atom is -0.466 e. The number of rotatable bonds is 4. The van der Waals surface area contributed by atoms with Gasteiger partial charge < -0.3 is 15.2 Å². The number of hydrogen-bond acceptors (Lipinski definition) is 7. The molecule has 3 atom stereocenters. The van der Waals surface area contributed by atoms with Gasteiger partial charge in [-0.3, -0.25) is 4.79 Å². The predicted molar refractivity (Wildman–Crippen MR) is 95.3 cm³/mol. The third-order valence-electron chi connectivity index (χ3n) is 4.38. The summed E-state index contributed by atoms with van der Waals surface area (Å²) in [6.45, 7) is 5.56. The van der Waals surface area contributed by atoms with Crippen LogP contribution in [0.15, 0.2) is 29.4 Å². The first-order valence-electron chi connectivity index (χ1n) is 8.12. The van der Waals surface area contributed by atoms with Gasteiger partial charge in [-0.25, -0.2) is 0 Å². The topological polar surface area (TPSA) is 89.3 Å². The van der Waals surface area contributed by atoms with Gasteiger partial charge in [0, 0.05) is 0 Å². The van der Waals surface area contributed by atoms with Crippen LogP contribution < -0.4 is 5.32 Å². The number of carbonyl (C=O) groups is 1. The molecule has 1 aliphatic heterocycles. The van der Waals surface area contributed by atoms with Gasteiger partial charge in [-0.15, -0.1) is 5.10 Å². The molecule has 0 saturated heterocycles. The van der Waals surface area contributed by atoms with Gasteiger partial charge in [0.25, 0.3) is 0 Å². The minimum absolute atomic E-state index is 0.242. The van der Waals surface area contributed by atoms with E-state index in [-0.39, 0.29) is 6.61 Å². The summed E-state index contributed by atoms with van der Waals surface area (Å²) >= 11 is 1.37. The van der Waals surface area contributed by atoms with E-state index < -0.39 is 23.7 Å². The van der Waals surface area contributed by atoms with Crippen molar-refractivity contribution in [2.45, 2.75) is 37.7 Å². The molecule has 0 bridgehead atoms. The van der Waals surface area contributed by atoms with Gasteiger partial charge in [0.15, 0.2) is 5.72 Å². The van der Waals surface area contributed by atoms with Crippen molar-refractivity contribution in [2.75, 3.05) is 18.2 Å². The van der Waals surface area contributed by atoms with E-state index in [4.69, 9.17) is 4.74 Å². The van der Waals surface area contributed by atoms with E-state index in [1.165, 1.54) is 16.4 Å². The van der Waals surface area contributed by atoms with E-state index in [2.05, 4.69) is 15.4 Å². The summed E-state index contributed by atoms with van der Waals surface area (Å²) in [4.78, 5) is 17.1.